The Morgan fingerprint density at radius 2 is 2.36 bits per heavy atom. The van der Waals surface area contributed by atoms with Crippen molar-refractivity contribution in [2.75, 3.05) is 35.8 Å². The lowest BCUT2D eigenvalue weighted by atomic mass is 10.1. The van der Waals surface area contributed by atoms with Crippen LogP contribution in [0.2, 0.25) is 0 Å². The minimum atomic E-state index is -3.40. The Morgan fingerprint density at radius 3 is 3.16 bits per heavy atom. The fourth-order valence-corrected chi connectivity index (χ4v) is 4.85. The summed E-state index contributed by atoms with van der Waals surface area (Å²) in [6.45, 7) is 1.01. The van der Waals surface area contributed by atoms with Crippen molar-refractivity contribution in [3.8, 4) is 0 Å². The largest absolute Gasteiger partial charge is 0.488 e. The minimum absolute atomic E-state index is 0.0640. The molecule has 5 N–H and O–H groups in total. The first-order valence-corrected chi connectivity index (χ1v) is 10.4. The van der Waals surface area contributed by atoms with Gasteiger partial charge in [-0.25, -0.2) is 14.9 Å². The number of aliphatic hydroxyl groups is 1. The average Bonchev–Trinajstić information content (AvgIpc) is 3.14. The number of aliphatic hydroxyl groups excluding tert-OH is 1. The van der Waals surface area contributed by atoms with Crippen molar-refractivity contribution in [1.82, 2.24) is 9.97 Å². The van der Waals surface area contributed by atoms with E-state index >= 15 is 0 Å². The van der Waals surface area contributed by atoms with E-state index < -0.39 is 32.4 Å². The molecule has 0 aliphatic carbocycles. The fourth-order valence-electron chi connectivity index (χ4n) is 3.07. The summed E-state index contributed by atoms with van der Waals surface area (Å²) in [5.74, 6) is 1.37. The van der Waals surface area contributed by atoms with Gasteiger partial charge in [0, 0.05) is 12.3 Å². The zero-order chi connectivity index (χ0) is 17.6. The number of nitrogens with zero attached hydrogens (tertiary/aromatic N) is 3. The number of rotatable bonds is 4. The van der Waals surface area contributed by atoms with Crippen molar-refractivity contribution < 1.29 is 23.8 Å². The standard InChI is InChI=1S/C12H18BN5O5PS/c13-24(20)21-3-6-9(23-24)8(19)12(22-6)18-5-17-7-10(18)15-4-16-11(7)25-2-1-14/h4,6,8-9,12,17,19-20H,1-3,5,14H2/q+1. The highest BCUT2D eigenvalue weighted by molar-refractivity contribution is 7.99. The van der Waals surface area contributed by atoms with Crippen LogP contribution in [0.1, 0.15) is 0 Å². The van der Waals surface area contributed by atoms with Gasteiger partial charge in [-0.2, -0.15) is 9.05 Å². The lowest BCUT2D eigenvalue weighted by Crippen LogP contribution is -2.45. The lowest BCUT2D eigenvalue weighted by molar-refractivity contribution is -0.0440. The molecule has 0 aromatic carbocycles. The van der Waals surface area contributed by atoms with E-state index in [0.29, 0.717) is 19.0 Å². The molecule has 0 amide bonds. The molecule has 1 aromatic rings. The van der Waals surface area contributed by atoms with Gasteiger partial charge in [0.15, 0.2) is 18.1 Å². The van der Waals surface area contributed by atoms with E-state index in [4.69, 9.17) is 27.1 Å². The molecule has 4 rings (SSSR count). The quantitative estimate of drug-likeness (QED) is 0.221. The zero-order valence-corrected chi connectivity index (χ0v) is 14.9. The van der Waals surface area contributed by atoms with Crippen molar-refractivity contribution in [2.45, 2.75) is 29.6 Å². The predicted octanol–water partition coefficient (Wildman–Crippen LogP) is -0.944. The summed E-state index contributed by atoms with van der Waals surface area (Å²) in [5.41, 5.74) is 6.34. The second-order valence-corrected chi connectivity index (χ2v) is 8.49. The second-order valence-electron chi connectivity index (χ2n) is 5.80. The molecule has 3 aliphatic heterocycles. The SMILES string of the molecule is [B][P+]1(O)OCC2OC(N3CNc4c(SCCN)ncnc43)C(O)C2O1. The van der Waals surface area contributed by atoms with E-state index in [0.717, 1.165) is 16.5 Å². The van der Waals surface area contributed by atoms with Gasteiger partial charge >= 0.3 is 15.4 Å². The van der Waals surface area contributed by atoms with Crippen LogP contribution in [0.3, 0.4) is 0 Å². The Balaban J connectivity index is 1.55. The van der Waals surface area contributed by atoms with Gasteiger partial charge in [-0.3, -0.25) is 0 Å². The van der Waals surface area contributed by atoms with Crippen LogP contribution in [0.15, 0.2) is 11.4 Å². The molecule has 1 aromatic heterocycles. The summed E-state index contributed by atoms with van der Waals surface area (Å²) < 4.78 is 16.3. The van der Waals surface area contributed by atoms with E-state index in [9.17, 15) is 10.00 Å². The molecule has 13 heteroatoms. The number of thioether (sulfide) groups is 1. The lowest BCUT2D eigenvalue weighted by Gasteiger charge is -2.28. The summed E-state index contributed by atoms with van der Waals surface area (Å²) in [6.07, 6.45) is -1.50. The molecular weight excluding hydrogens is 368 g/mol. The minimum Gasteiger partial charge on any atom is -0.385 e. The predicted molar refractivity (Wildman–Crippen MR) is 93.2 cm³/mol. The molecular formula is C12H18BN5O5PS+. The molecule has 4 heterocycles. The van der Waals surface area contributed by atoms with Gasteiger partial charge in [-0.05, 0) is 0 Å². The normalized spacial score (nSPS) is 36.8. The Labute approximate surface area is 150 Å². The first-order chi connectivity index (χ1) is 12.0. The van der Waals surface area contributed by atoms with Crippen LogP contribution in [-0.2, 0) is 13.8 Å². The smallest absolute Gasteiger partial charge is 0.385 e. The van der Waals surface area contributed by atoms with E-state index in [2.05, 4.69) is 15.3 Å². The first-order valence-electron chi connectivity index (χ1n) is 7.75. The number of hydrogen-bond donors (Lipinski definition) is 4. The van der Waals surface area contributed by atoms with Gasteiger partial charge in [-0.15, -0.1) is 11.8 Å². The molecule has 5 atom stereocenters. The Bertz CT molecular complexity index is 660. The van der Waals surface area contributed by atoms with E-state index in [1.807, 2.05) is 0 Å². The molecule has 2 saturated heterocycles. The van der Waals surface area contributed by atoms with Crippen molar-refractivity contribution in [1.29, 1.82) is 0 Å². The van der Waals surface area contributed by atoms with Crippen LogP contribution < -0.4 is 16.0 Å². The molecule has 0 bridgehead atoms. The topological polar surface area (TPSA) is 135 Å². The van der Waals surface area contributed by atoms with Crippen LogP contribution in [-0.4, -0.2) is 77.6 Å². The molecule has 3 aliphatic rings. The molecule has 134 valence electrons. The van der Waals surface area contributed by atoms with Gasteiger partial charge in [0.2, 0.25) is 0 Å². The van der Waals surface area contributed by atoms with E-state index in [1.54, 1.807) is 4.90 Å². The van der Waals surface area contributed by atoms with E-state index in [-0.39, 0.29) is 6.61 Å². The van der Waals surface area contributed by atoms with E-state index in [1.165, 1.54) is 18.1 Å². The van der Waals surface area contributed by atoms with Gasteiger partial charge in [0.1, 0.15) is 35.9 Å². The van der Waals surface area contributed by atoms with Crippen LogP contribution in [0.5, 0.6) is 0 Å². The van der Waals surface area contributed by atoms with Crippen molar-refractivity contribution in [2.24, 2.45) is 5.73 Å². The summed E-state index contributed by atoms with van der Waals surface area (Å²) in [6, 6.07) is 0. The Morgan fingerprint density at radius 1 is 1.52 bits per heavy atom. The molecule has 25 heavy (non-hydrogen) atoms. The third-order valence-electron chi connectivity index (χ3n) is 4.16. The van der Waals surface area contributed by atoms with Gasteiger partial charge < -0.3 is 25.8 Å². The molecule has 0 spiro atoms. The summed E-state index contributed by atoms with van der Waals surface area (Å²) in [4.78, 5) is 20.2. The monoisotopic (exact) mass is 386 g/mol. The number of nitrogens with two attached hydrogens (primary N) is 1. The van der Waals surface area contributed by atoms with Gasteiger partial charge in [-0.1, -0.05) is 0 Å². The Hall–Kier alpha value is -0.715. The van der Waals surface area contributed by atoms with Crippen molar-refractivity contribution >= 4 is 38.7 Å². The molecule has 2 radical (unpaired) electrons. The second kappa shape index (κ2) is 6.78. The third-order valence-corrected chi connectivity index (χ3v) is 6.25. The van der Waals surface area contributed by atoms with Crippen LogP contribution >= 0.6 is 19.6 Å². The molecule has 0 saturated carbocycles. The maximum atomic E-state index is 10.6. The summed E-state index contributed by atoms with van der Waals surface area (Å²) in [7, 11) is 2.13. The van der Waals surface area contributed by atoms with Crippen molar-refractivity contribution in [3.63, 3.8) is 0 Å². The zero-order valence-electron chi connectivity index (χ0n) is 13.2. The number of nitrogens with one attached hydrogen (secondary N) is 1. The highest BCUT2D eigenvalue weighted by atomic mass is 32.2. The third kappa shape index (κ3) is 3.21. The molecule has 5 unspecified atom stereocenters. The number of fused-ring (bicyclic) bond motifs is 2. The number of anilines is 2. The number of hydrogen-bond acceptors (Lipinski definition) is 11. The summed E-state index contributed by atoms with van der Waals surface area (Å²) in [5, 5.41) is 14.7. The van der Waals surface area contributed by atoms with Gasteiger partial charge in [0.05, 0.1) is 6.67 Å². The highest BCUT2D eigenvalue weighted by Crippen LogP contribution is 2.58. The number of ether oxygens (including phenoxy) is 1. The fraction of sp³-hybridized carbons (Fsp3) is 0.667. The Kier molecular flexibility index (Phi) is 4.80. The molecule has 10 nitrogen and oxygen atoms in total. The first kappa shape index (κ1) is 17.7. The highest BCUT2D eigenvalue weighted by Gasteiger charge is 2.58. The molecule has 2 fully saturated rings. The van der Waals surface area contributed by atoms with Crippen LogP contribution in [0, 0.1) is 0 Å². The van der Waals surface area contributed by atoms with Gasteiger partial charge in [0.25, 0.3) is 0 Å². The average molecular weight is 386 g/mol. The maximum absolute atomic E-state index is 10.6. The van der Waals surface area contributed by atoms with Crippen molar-refractivity contribution in [3.05, 3.63) is 6.33 Å². The number of aromatic nitrogens is 2. The van der Waals surface area contributed by atoms with Crippen LogP contribution in [0.4, 0.5) is 11.5 Å². The summed E-state index contributed by atoms with van der Waals surface area (Å²) >= 11 is 1.53. The van der Waals surface area contributed by atoms with Crippen LogP contribution in [0.25, 0.3) is 0 Å². The maximum Gasteiger partial charge on any atom is 0.488 e.